The fourth-order valence-electron chi connectivity index (χ4n) is 1.63. The van der Waals surface area contributed by atoms with Gasteiger partial charge in [-0.05, 0) is 12.1 Å². The maximum absolute atomic E-state index is 12.1. The molecule has 1 aromatic carbocycles. The second-order valence-electron chi connectivity index (χ2n) is 3.96. The first-order valence-electron chi connectivity index (χ1n) is 5.76. The van der Waals surface area contributed by atoms with Crippen LogP contribution in [0.4, 0.5) is 0 Å². The highest BCUT2D eigenvalue weighted by molar-refractivity contribution is 5.76. The van der Waals surface area contributed by atoms with Gasteiger partial charge in [-0.3, -0.25) is 14.4 Å². The van der Waals surface area contributed by atoms with Crippen molar-refractivity contribution in [3.05, 3.63) is 34.6 Å². The van der Waals surface area contributed by atoms with Gasteiger partial charge in [0.05, 0.1) is 19.0 Å². The quantitative estimate of drug-likeness (QED) is 0.736. The predicted octanol–water partition coefficient (Wildman–Crippen LogP) is 0.201. The Labute approximate surface area is 109 Å². The number of hydrogen-bond donors (Lipinski definition) is 0. The second kappa shape index (κ2) is 5.57. The molecule has 0 bridgehead atoms. The van der Waals surface area contributed by atoms with Gasteiger partial charge in [0.2, 0.25) is 5.91 Å². The fraction of sp³-hybridized carbons (Fsp3) is 0.333. The summed E-state index contributed by atoms with van der Waals surface area (Å²) in [6.07, 6.45) is 0.122. The summed E-state index contributed by atoms with van der Waals surface area (Å²) >= 11 is 0. The third kappa shape index (κ3) is 2.76. The molecule has 0 atom stereocenters. The second-order valence-corrected chi connectivity index (χ2v) is 3.96. The molecular weight excluding hydrogens is 248 g/mol. The third-order valence-corrected chi connectivity index (χ3v) is 2.79. The van der Waals surface area contributed by atoms with E-state index in [-0.39, 0.29) is 24.4 Å². The first-order valence-corrected chi connectivity index (χ1v) is 5.76. The summed E-state index contributed by atoms with van der Waals surface area (Å²) in [6, 6.07) is 6.96. The number of amides is 1. The molecule has 0 aliphatic rings. The first kappa shape index (κ1) is 13.2. The van der Waals surface area contributed by atoms with Crippen molar-refractivity contribution in [2.45, 2.75) is 13.0 Å². The molecule has 0 saturated carbocycles. The van der Waals surface area contributed by atoms with Crippen LogP contribution in [0.25, 0.3) is 10.9 Å². The van der Waals surface area contributed by atoms with Gasteiger partial charge in [-0.15, -0.1) is 5.10 Å². The maximum atomic E-state index is 12.1. The molecule has 0 spiro atoms. The van der Waals surface area contributed by atoms with Crippen molar-refractivity contribution >= 4 is 16.8 Å². The number of fused-ring (bicyclic) bond motifs is 1. The van der Waals surface area contributed by atoms with E-state index >= 15 is 0 Å². The van der Waals surface area contributed by atoms with Gasteiger partial charge in [-0.1, -0.05) is 17.3 Å². The number of hydrogen-bond acceptors (Lipinski definition) is 5. The largest absolute Gasteiger partial charge is 0.277 e. The molecule has 19 heavy (non-hydrogen) atoms. The zero-order valence-corrected chi connectivity index (χ0v) is 10.7. The zero-order chi connectivity index (χ0) is 13.8. The summed E-state index contributed by atoms with van der Waals surface area (Å²) in [7, 11) is 2.91. The molecule has 1 heterocycles. The van der Waals surface area contributed by atoms with Crippen LogP contribution in [-0.2, 0) is 16.2 Å². The van der Waals surface area contributed by atoms with Crippen LogP contribution >= 0.6 is 0 Å². The van der Waals surface area contributed by atoms with Crippen molar-refractivity contribution in [2.75, 3.05) is 14.2 Å². The van der Waals surface area contributed by atoms with E-state index in [2.05, 4.69) is 10.3 Å². The van der Waals surface area contributed by atoms with E-state index in [0.29, 0.717) is 10.9 Å². The molecule has 2 aromatic rings. The average molecular weight is 262 g/mol. The Balaban J connectivity index is 2.20. The normalized spacial score (nSPS) is 10.6. The van der Waals surface area contributed by atoms with Crippen LogP contribution in [-0.4, -0.2) is 40.1 Å². The van der Waals surface area contributed by atoms with E-state index in [1.807, 2.05) is 0 Å². The molecule has 0 unspecified atom stereocenters. The lowest BCUT2D eigenvalue weighted by atomic mass is 10.2. The molecule has 1 aromatic heterocycles. The summed E-state index contributed by atoms with van der Waals surface area (Å²) in [5.41, 5.74) is 0.294. The highest BCUT2D eigenvalue weighted by Crippen LogP contribution is 2.03. The predicted molar refractivity (Wildman–Crippen MR) is 68.2 cm³/mol. The van der Waals surface area contributed by atoms with Gasteiger partial charge in [-0.2, -0.15) is 0 Å². The number of aryl methyl sites for hydroxylation is 1. The number of hydroxylamine groups is 2. The van der Waals surface area contributed by atoms with Crippen LogP contribution in [0.1, 0.15) is 6.42 Å². The van der Waals surface area contributed by atoms with E-state index in [1.54, 1.807) is 24.3 Å². The summed E-state index contributed by atoms with van der Waals surface area (Å²) in [6.45, 7) is 0.170. The highest BCUT2D eigenvalue weighted by atomic mass is 16.7. The monoisotopic (exact) mass is 262 g/mol. The number of benzene rings is 1. The van der Waals surface area contributed by atoms with Gasteiger partial charge in [0.25, 0.3) is 5.56 Å². The average Bonchev–Trinajstić information content (AvgIpc) is 2.45. The highest BCUT2D eigenvalue weighted by Gasteiger charge is 2.10. The minimum Gasteiger partial charge on any atom is -0.275 e. The Bertz CT molecular complexity index is 653. The fourth-order valence-corrected chi connectivity index (χ4v) is 1.63. The molecule has 100 valence electrons. The zero-order valence-electron chi connectivity index (χ0n) is 10.7. The Morgan fingerprint density at radius 2 is 2.16 bits per heavy atom. The van der Waals surface area contributed by atoms with E-state index < -0.39 is 0 Å². The summed E-state index contributed by atoms with van der Waals surface area (Å²) in [5.74, 6) is -0.232. The molecule has 7 nitrogen and oxygen atoms in total. The molecule has 1 amide bonds. The molecule has 0 aliphatic carbocycles. The minimum atomic E-state index is -0.251. The Kier molecular flexibility index (Phi) is 3.86. The van der Waals surface area contributed by atoms with Crippen LogP contribution in [0.3, 0.4) is 0 Å². The standard InChI is InChI=1S/C12H14N4O3/c1-15(19-2)11(17)7-8-16-12(18)9-5-3-4-6-10(9)13-14-16/h3-6H,7-8H2,1-2H3. The van der Waals surface area contributed by atoms with Crippen LogP contribution in [0, 0.1) is 0 Å². The van der Waals surface area contributed by atoms with Crippen molar-refractivity contribution in [3.8, 4) is 0 Å². The molecule has 2 rings (SSSR count). The number of carbonyl (C=O) groups excluding carboxylic acids is 1. The Morgan fingerprint density at radius 3 is 2.89 bits per heavy atom. The molecule has 0 fully saturated rings. The smallest absolute Gasteiger partial charge is 0.275 e. The first-order chi connectivity index (χ1) is 9.13. The van der Waals surface area contributed by atoms with Gasteiger partial charge in [0, 0.05) is 13.5 Å². The topological polar surface area (TPSA) is 77.3 Å². The lowest BCUT2D eigenvalue weighted by Crippen LogP contribution is -2.30. The van der Waals surface area contributed by atoms with Gasteiger partial charge in [-0.25, -0.2) is 9.75 Å². The number of nitrogens with zero attached hydrogens (tertiary/aromatic N) is 4. The van der Waals surface area contributed by atoms with Crippen LogP contribution in [0.5, 0.6) is 0 Å². The molecule has 7 heteroatoms. The van der Waals surface area contributed by atoms with Crippen molar-refractivity contribution in [3.63, 3.8) is 0 Å². The van der Waals surface area contributed by atoms with Crippen LogP contribution in [0.15, 0.2) is 29.1 Å². The molecule has 0 N–H and O–H groups in total. The summed E-state index contributed by atoms with van der Waals surface area (Å²) < 4.78 is 1.18. The number of rotatable bonds is 4. The van der Waals surface area contributed by atoms with Crippen LogP contribution < -0.4 is 5.56 Å². The maximum Gasteiger partial charge on any atom is 0.277 e. The summed E-state index contributed by atoms with van der Waals surface area (Å²) in [4.78, 5) is 28.4. The van der Waals surface area contributed by atoms with Crippen LogP contribution in [0.2, 0.25) is 0 Å². The molecular formula is C12H14N4O3. The van der Waals surface area contributed by atoms with Gasteiger partial charge in [0.15, 0.2) is 0 Å². The SMILES string of the molecule is CON(C)C(=O)CCn1nnc2ccccc2c1=O. The van der Waals surface area contributed by atoms with Crippen molar-refractivity contribution in [1.82, 2.24) is 20.1 Å². The van der Waals surface area contributed by atoms with E-state index in [4.69, 9.17) is 4.84 Å². The Morgan fingerprint density at radius 1 is 1.42 bits per heavy atom. The number of aromatic nitrogens is 3. The third-order valence-electron chi connectivity index (χ3n) is 2.79. The Hall–Kier alpha value is -2.28. The van der Waals surface area contributed by atoms with Gasteiger partial charge < -0.3 is 0 Å². The van der Waals surface area contributed by atoms with E-state index in [1.165, 1.54) is 18.8 Å². The molecule has 0 saturated heterocycles. The van der Waals surface area contributed by atoms with Gasteiger partial charge in [0.1, 0.15) is 5.52 Å². The molecule has 0 radical (unpaired) electrons. The molecule has 0 aliphatic heterocycles. The van der Waals surface area contributed by atoms with E-state index in [9.17, 15) is 9.59 Å². The van der Waals surface area contributed by atoms with E-state index in [0.717, 1.165) is 5.06 Å². The lowest BCUT2D eigenvalue weighted by molar-refractivity contribution is -0.168. The van der Waals surface area contributed by atoms with Crippen molar-refractivity contribution in [1.29, 1.82) is 0 Å². The lowest BCUT2D eigenvalue weighted by Gasteiger charge is -2.13. The number of carbonyl (C=O) groups is 1. The van der Waals surface area contributed by atoms with Crippen molar-refractivity contribution in [2.24, 2.45) is 0 Å². The summed E-state index contributed by atoms with van der Waals surface area (Å²) in [5, 5.41) is 9.35. The minimum absolute atomic E-state index is 0.122. The van der Waals surface area contributed by atoms with Gasteiger partial charge >= 0.3 is 0 Å². The van der Waals surface area contributed by atoms with Crippen molar-refractivity contribution < 1.29 is 9.63 Å².